The lowest BCUT2D eigenvalue weighted by molar-refractivity contribution is -0.128. The number of amides is 2. The van der Waals surface area contributed by atoms with E-state index in [1.165, 1.54) is 0 Å². The first-order chi connectivity index (χ1) is 13.8. The quantitative estimate of drug-likeness (QED) is 0.689. The zero-order valence-corrected chi connectivity index (χ0v) is 18.6. The van der Waals surface area contributed by atoms with Crippen LogP contribution >= 0.6 is 23.1 Å². The topological polar surface area (TPSA) is 75.2 Å². The minimum atomic E-state index is -0.754. The van der Waals surface area contributed by atoms with E-state index in [-0.39, 0.29) is 29.1 Å². The summed E-state index contributed by atoms with van der Waals surface area (Å²) in [5.41, 5.74) is 0.639. The minimum Gasteiger partial charge on any atom is -0.349 e. The second-order valence-corrected chi connectivity index (χ2v) is 9.17. The van der Waals surface area contributed by atoms with Gasteiger partial charge in [-0.05, 0) is 62.3 Å². The van der Waals surface area contributed by atoms with Gasteiger partial charge in [0, 0.05) is 22.0 Å². The molecule has 0 radical (unpaired) electrons. The fraction of sp³-hybridized carbons (Fsp3) is 0.524. The summed E-state index contributed by atoms with van der Waals surface area (Å²) in [6, 6.07) is 6.38. The highest BCUT2D eigenvalue weighted by atomic mass is 35.5. The maximum atomic E-state index is 13.5. The third-order valence-corrected chi connectivity index (χ3v) is 6.35. The summed E-state index contributed by atoms with van der Waals surface area (Å²) in [6.45, 7) is 5.99. The van der Waals surface area contributed by atoms with Crippen LogP contribution in [-0.4, -0.2) is 37.9 Å². The standard InChI is InChI=1S/C21H27ClN4O2S/c1-4-21(2,3)23-19(27)18(14-9-11-15(22)12-10-14)26(16-7-5-6-8-16)20(28)17-13-29-25-24-17/h9-13,16,18H,4-8H2,1-3H3,(H,23,27). The number of rotatable bonds is 7. The molecule has 0 saturated heterocycles. The average molecular weight is 435 g/mol. The minimum absolute atomic E-state index is 0.0135. The molecule has 8 heteroatoms. The molecule has 2 amide bonds. The molecule has 3 rings (SSSR count). The SMILES string of the molecule is CCC(C)(C)NC(=O)C(c1ccc(Cl)cc1)N(C(=O)c1csnn1)C1CCCC1. The van der Waals surface area contributed by atoms with Gasteiger partial charge in [0.25, 0.3) is 5.91 Å². The zero-order valence-electron chi connectivity index (χ0n) is 17.0. The molecule has 1 fully saturated rings. The Balaban J connectivity index is 2.05. The number of hydrogen-bond donors (Lipinski definition) is 1. The molecule has 0 bridgehead atoms. The summed E-state index contributed by atoms with van der Waals surface area (Å²) in [5.74, 6) is -0.447. The fourth-order valence-electron chi connectivity index (χ4n) is 3.64. The molecular formula is C21H27ClN4O2S. The van der Waals surface area contributed by atoms with Gasteiger partial charge in [0.15, 0.2) is 5.69 Å². The number of benzene rings is 1. The van der Waals surface area contributed by atoms with Crippen molar-refractivity contribution in [3.63, 3.8) is 0 Å². The zero-order chi connectivity index (χ0) is 21.0. The number of halogens is 1. The number of nitrogens with one attached hydrogen (secondary N) is 1. The maximum absolute atomic E-state index is 13.5. The molecule has 156 valence electrons. The van der Waals surface area contributed by atoms with Crippen LogP contribution in [0, 0.1) is 0 Å². The van der Waals surface area contributed by atoms with E-state index in [0.717, 1.165) is 49.2 Å². The van der Waals surface area contributed by atoms with Crippen LogP contribution < -0.4 is 5.32 Å². The van der Waals surface area contributed by atoms with Gasteiger partial charge in [-0.1, -0.05) is 48.0 Å². The van der Waals surface area contributed by atoms with Crippen molar-refractivity contribution in [1.82, 2.24) is 19.8 Å². The molecule has 1 atom stereocenters. The Bertz CT molecular complexity index is 833. The van der Waals surface area contributed by atoms with Crippen molar-refractivity contribution in [3.05, 3.63) is 45.9 Å². The van der Waals surface area contributed by atoms with E-state index in [0.29, 0.717) is 5.02 Å². The Labute approximate surface area is 180 Å². The Morgan fingerprint density at radius 3 is 2.48 bits per heavy atom. The van der Waals surface area contributed by atoms with E-state index in [2.05, 4.69) is 14.9 Å². The molecule has 1 unspecified atom stereocenters. The van der Waals surface area contributed by atoms with Crippen LogP contribution in [-0.2, 0) is 4.79 Å². The number of aromatic nitrogens is 2. The molecule has 1 aromatic heterocycles. The fourth-order valence-corrected chi connectivity index (χ4v) is 4.20. The number of carbonyl (C=O) groups excluding carboxylic acids is 2. The van der Waals surface area contributed by atoms with E-state index in [9.17, 15) is 9.59 Å². The molecule has 1 saturated carbocycles. The lowest BCUT2D eigenvalue weighted by atomic mass is 9.97. The number of carbonyl (C=O) groups is 2. The van der Waals surface area contributed by atoms with Gasteiger partial charge in [0.2, 0.25) is 5.91 Å². The molecule has 29 heavy (non-hydrogen) atoms. The summed E-state index contributed by atoms with van der Waals surface area (Å²) >= 11 is 7.21. The molecule has 0 spiro atoms. The summed E-state index contributed by atoms with van der Waals surface area (Å²) in [7, 11) is 0. The molecule has 1 heterocycles. The highest BCUT2D eigenvalue weighted by molar-refractivity contribution is 7.03. The van der Waals surface area contributed by atoms with E-state index < -0.39 is 6.04 Å². The van der Waals surface area contributed by atoms with E-state index >= 15 is 0 Å². The predicted octanol–water partition coefficient (Wildman–Crippen LogP) is 4.62. The van der Waals surface area contributed by atoms with Crippen molar-refractivity contribution in [2.45, 2.75) is 70.5 Å². The van der Waals surface area contributed by atoms with Gasteiger partial charge in [-0.15, -0.1) is 5.10 Å². The normalized spacial score (nSPS) is 15.9. The lowest BCUT2D eigenvalue weighted by Crippen LogP contribution is -2.52. The van der Waals surface area contributed by atoms with Crippen LogP contribution in [0.4, 0.5) is 0 Å². The molecule has 1 aromatic carbocycles. The first-order valence-corrected chi connectivity index (χ1v) is 11.2. The Morgan fingerprint density at radius 1 is 1.28 bits per heavy atom. The van der Waals surface area contributed by atoms with Crippen LogP contribution in [0.25, 0.3) is 0 Å². The molecular weight excluding hydrogens is 408 g/mol. The highest BCUT2D eigenvalue weighted by Gasteiger charge is 2.39. The van der Waals surface area contributed by atoms with Gasteiger partial charge in [0.05, 0.1) is 0 Å². The van der Waals surface area contributed by atoms with Gasteiger partial charge < -0.3 is 10.2 Å². The van der Waals surface area contributed by atoms with Crippen LogP contribution in [0.15, 0.2) is 29.6 Å². The summed E-state index contributed by atoms with van der Waals surface area (Å²) in [4.78, 5) is 28.7. The average Bonchev–Trinajstić information content (AvgIpc) is 3.40. The van der Waals surface area contributed by atoms with Crippen molar-refractivity contribution in [1.29, 1.82) is 0 Å². The summed E-state index contributed by atoms with van der Waals surface area (Å²) < 4.78 is 3.84. The summed E-state index contributed by atoms with van der Waals surface area (Å²) in [6.07, 6.45) is 4.60. The molecule has 1 aliphatic carbocycles. The first kappa shape index (κ1) is 21.7. The van der Waals surface area contributed by atoms with Crippen LogP contribution in [0.1, 0.15) is 75.0 Å². The van der Waals surface area contributed by atoms with Gasteiger partial charge >= 0.3 is 0 Å². The predicted molar refractivity (Wildman–Crippen MR) is 115 cm³/mol. The smallest absolute Gasteiger partial charge is 0.276 e. The van der Waals surface area contributed by atoms with Crippen LogP contribution in [0.3, 0.4) is 0 Å². The molecule has 1 N–H and O–H groups in total. The number of hydrogen-bond acceptors (Lipinski definition) is 5. The van der Waals surface area contributed by atoms with Gasteiger partial charge in [-0.3, -0.25) is 9.59 Å². The van der Waals surface area contributed by atoms with E-state index in [1.54, 1.807) is 22.4 Å². The van der Waals surface area contributed by atoms with E-state index in [4.69, 9.17) is 11.6 Å². The second kappa shape index (κ2) is 9.22. The van der Waals surface area contributed by atoms with Crippen LogP contribution in [0.2, 0.25) is 5.02 Å². The van der Waals surface area contributed by atoms with Crippen molar-refractivity contribution >= 4 is 34.9 Å². The largest absolute Gasteiger partial charge is 0.349 e. The van der Waals surface area contributed by atoms with Crippen molar-refractivity contribution in [3.8, 4) is 0 Å². The highest BCUT2D eigenvalue weighted by Crippen LogP contribution is 2.34. The van der Waals surface area contributed by atoms with Crippen molar-refractivity contribution in [2.75, 3.05) is 0 Å². The van der Waals surface area contributed by atoms with Crippen molar-refractivity contribution < 1.29 is 9.59 Å². The number of nitrogens with zero attached hydrogens (tertiary/aromatic N) is 3. The lowest BCUT2D eigenvalue weighted by Gasteiger charge is -2.37. The third-order valence-electron chi connectivity index (χ3n) is 5.59. The maximum Gasteiger partial charge on any atom is 0.276 e. The summed E-state index contributed by atoms with van der Waals surface area (Å²) in [5, 5.41) is 9.32. The molecule has 6 nitrogen and oxygen atoms in total. The Hall–Kier alpha value is -1.99. The van der Waals surface area contributed by atoms with Gasteiger partial charge in [0.1, 0.15) is 6.04 Å². The van der Waals surface area contributed by atoms with Crippen molar-refractivity contribution in [2.24, 2.45) is 0 Å². The van der Waals surface area contributed by atoms with E-state index in [1.807, 2.05) is 32.9 Å². The molecule has 0 aliphatic heterocycles. The molecule has 2 aromatic rings. The third kappa shape index (κ3) is 5.14. The monoisotopic (exact) mass is 434 g/mol. The van der Waals surface area contributed by atoms with Gasteiger partial charge in [-0.25, -0.2) is 0 Å². The second-order valence-electron chi connectivity index (χ2n) is 8.12. The van der Waals surface area contributed by atoms with Gasteiger partial charge in [-0.2, -0.15) is 0 Å². The Morgan fingerprint density at radius 2 is 1.93 bits per heavy atom. The van der Waals surface area contributed by atoms with Crippen LogP contribution in [0.5, 0.6) is 0 Å². The Kier molecular flexibility index (Phi) is 6.90. The first-order valence-electron chi connectivity index (χ1n) is 9.99. The molecule has 1 aliphatic rings.